The van der Waals surface area contributed by atoms with Gasteiger partial charge in [-0.15, -0.1) is 0 Å². The number of methoxy groups -OCH3 is 2. The minimum absolute atomic E-state index is 0.499. The van der Waals surface area contributed by atoms with E-state index in [2.05, 4.69) is 16.4 Å². The Morgan fingerprint density at radius 2 is 2.00 bits per heavy atom. The zero-order chi connectivity index (χ0) is 14.5. The van der Waals surface area contributed by atoms with E-state index in [1.54, 1.807) is 44.7 Å². The fourth-order valence-electron chi connectivity index (χ4n) is 1.83. The lowest BCUT2D eigenvalue weighted by Gasteiger charge is -2.13. The van der Waals surface area contributed by atoms with Crippen molar-refractivity contribution in [3.8, 4) is 17.6 Å². The van der Waals surface area contributed by atoms with Crippen molar-refractivity contribution in [3.63, 3.8) is 0 Å². The van der Waals surface area contributed by atoms with Crippen LogP contribution < -0.4 is 14.8 Å². The maximum absolute atomic E-state index is 9.22. The van der Waals surface area contributed by atoms with E-state index in [1.807, 2.05) is 6.92 Å². The normalized spacial score (nSPS) is 9.70. The smallest absolute Gasteiger partial charge is 0.148 e. The van der Waals surface area contributed by atoms with Gasteiger partial charge in [0.15, 0.2) is 0 Å². The van der Waals surface area contributed by atoms with Gasteiger partial charge in [-0.1, -0.05) is 0 Å². The number of aryl methyl sites for hydroxylation is 1. The van der Waals surface area contributed by atoms with Crippen LogP contribution in [0.15, 0.2) is 30.5 Å². The first-order valence-corrected chi connectivity index (χ1v) is 6.04. The number of nitrogens with one attached hydrogen (secondary N) is 1. The summed E-state index contributed by atoms with van der Waals surface area (Å²) in [5.41, 5.74) is 2.07. The molecular weight excluding hydrogens is 254 g/mol. The van der Waals surface area contributed by atoms with E-state index in [0.29, 0.717) is 28.6 Å². The molecule has 5 heteroatoms. The van der Waals surface area contributed by atoms with E-state index in [1.165, 1.54) is 0 Å². The van der Waals surface area contributed by atoms with Crippen molar-refractivity contribution in [2.75, 3.05) is 19.5 Å². The maximum Gasteiger partial charge on any atom is 0.148 e. The van der Waals surface area contributed by atoms with Crippen molar-refractivity contribution in [3.05, 3.63) is 41.6 Å². The van der Waals surface area contributed by atoms with Crippen LogP contribution in [-0.4, -0.2) is 19.2 Å². The Bertz CT molecular complexity index is 663. The Balaban J connectivity index is 2.44. The highest BCUT2D eigenvalue weighted by Crippen LogP contribution is 2.32. The van der Waals surface area contributed by atoms with Gasteiger partial charge in [0.05, 0.1) is 25.5 Å². The Morgan fingerprint density at radius 3 is 2.65 bits per heavy atom. The van der Waals surface area contributed by atoms with Gasteiger partial charge >= 0.3 is 0 Å². The molecule has 0 radical (unpaired) electrons. The van der Waals surface area contributed by atoms with Crippen LogP contribution in [0.4, 0.5) is 11.5 Å². The molecule has 0 fully saturated rings. The molecule has 1 N–H and O–H groups in total. The molecule has 20 heavy (non-hydrogen) atoms. The Labute approximate surface area is 117 Å². The van der Waals surface area contributed by atoms with Crippen LogP contribution in [0.1, 0.15) is 11.1 Å². The summed E-state index contributed by atoms with van der Waals surface area (Å²) in [5, 5.41) is 12.3. The van der Waals surface area contributed by atoms with Gasteiger partial charge in [0.25, 0.3) is 0 Å². The average Bonchev–Trinajstić information content (AvgIpc) is 2.47. The minimum Gasteiger partial charge on any atom is -0.497 e. The first-order valence-electron chi connectivity index (χ1n) is 6.04. The Hall–Kier alpha value is -2.74. The standard InChI is InChI=1S/C15H15N3O2/c1-10-6-7-17-15(12(10)9-16)18-13-8-11(19-2)4-5-14(13)20-3/h4-8H,1-3H3,(H,17,18). The Kier molecular flexibility index (Phi) is 4.06. The molecule has 1 aromatic heterocycles. The molecule has 0 bridgehead atoms. The summed E-state index contributed by atoms with van der Waals surface area (Å²) < 4.78 is 10.5. The molecule has 0 unspecified atom stereocenters. The van der Waals surface area contributed by atoms with Crippen LogP contribution in [-0.2, 0) is 0 Å². The maximum atomic E-state index is 9.22. The fraction of sp³-hybridized carbons (Fsp3) is 0.200. The lowest BCUT2D eigenvalue weighted by molar-refractivity contribution is 0.405. The largest absolute Gasteiger partial charge is 0.497 e. The second-order valence-electron chi connectivity index (χ2n) is 4.15. The molecule has 5 nitrogen and oxygen atoms in total. The molecule has 0 aliphatic heterocycles. The molecule has 0 aliphatic carbocycles. The second kappa shape index (κ2) is 5.93. The number of aromatic nitrogens is 1. The summed E-state index contributed by atoms with van der Waals surface area (Å²) in [6.45, 7) is 1.87. The summed E-state index contributed by atoms with van der Waals surface area (Å²) in [5.74, 6) is 1.84. The summed E-state index contributed by atoms with van der Waals surface area (Å²) in [7, 11) is 3.18. The van der Waals surface area contributed by atoms with Crippen LogP contribution in [0.2, 0.25) is 0 Å². The summed E-state index contributed by atoms with van der Waals surface area (Å²) in [4.78, 5) is 4.21. The van der Waals surface area contributed by atoms with Crippen molar-refractivity contribution in [1.82, 2.24) is 4.98 Å². The highest BCUT2D eigenvalue weighted by Gasteiger charge is 2.10. The number of pyridine rings is 1. The van der Waals surface area contributed by atoms with E-state index in [9.17, 15) is 5.26 Å². The second-order valence-corrected chi connectivity index (χ2v) is 4.15. The number of benzene rings is 1. The van der Waals surface area contributed by atoms with Crippen molar-refractivity contribution in [2.24, 2.45) is 0 Å². The third kappa shape index (κ3) is 2.64. The van der Waals surface area contributed by atoms with Crippen LogP contribution in [0.5, 0.6) is 11.5 Å². The lowest BCUT2D eigenvalue weighted by Crippen LogP contribution is -2.01. The van der Waals surface area contributed by atoms with Gasteiger partial charge in [-0.3, -0.25) is 0 Å². The van der Waals surface area contributed by atoms with E-state index in [0.717, 1.165) is 5.56 Å². The molecule has 0 aliphatic rings. The predicted octanol–water partition coefficient (Wildman–Crippen LogP) is 3.02. The van der Waals surface area contributed by atoms with Gasteiger partial charge in [0.2, 0.25) is 0 Å². The molecule has 1 heterocycles. The zero-order valence-electron chi connectivity index (χ0n) is 11.6. The first kappa shape index (κ1) is 13.7. The van der Waals surface area contributed by atoms with E-state index in [4.69, 9.17) is 9.47 Å². The van der Waals surface area contributed by atoms with Gasteiger partial charge in [-0.05, 0) is 30.7 Å². The predicted molar refractivity (Wildman–Crippen MR) is 76.5 cm³/mol. The van der Waals surface area contributed by atoms with Crippen molar-refractivity contribution < 1.29 is 9.47 Å². The topological polar surface area (TPSA) is 67.2 Å². The number of ether oxygens (including phenoxy) is 2. The van der Waals surface area contributed by atoms with Crippen LogP contribution >= 0.6 is 0 Å². The van der Waals surface area contributed by atoms with Gasteiger partial charge in [0, 0.05) is 12.3 Å². The van der Waals surface area contributed by atoms with Crippen LogP contribution in [0.3, 0.4) is 0 Å². The zero-order valence-corrected chi connectivity index (χ0v) is 11.6. The molecule has 1 aromatic carbocycles. The highest BCUT2D eigenvalue weighted by atomic mass is 16.5. The monoisotopic (exact) mass is 269 g/mol. The number of nitrogens with zero attached hydrogens (tertiary/aromatic N) is 2. The molecule has 0 spiro atoms. The van der Waals surface area contributed by atoms with Gasteiger partial charge < -0.3 is 14.8 Å². The molecular formula is C15H15N3O2. The first-order chi connectivity index (χ1) is 9.69. The number of anilines is 2. The van der Waals surface area contributed by atoms with Crippen molar-refractivity contribution in [2.45, 2.75) is 6.92 Å². The molecule has 0 atom stereocenters. The third-order valence-electron chi connectivity index (χ3n) is 2.93. The molecule has 2 rings (SSSR count). The highest BCUT2D eigenvalue weighted by molar-refractivity contribution is 5.70. The number of rotatable bonds is 4. The van der Waals surface area contributed by atoms with E-state index in [-0.39, 0.29) is 0 Å². The molecule has 102 valence electrons. The summed E-state index contributed by atoms with van der Waals surface area (Å²) in [6, 6.07) is 9.35. The number of hydrogen-bond donors (Lipinski definition) is 1. The molecule has 0 saturated heterocycles. The fourth-order valence-corrected chi connectivity index (χ4v) is 1.83. The van der Waals surface area contributed by atoms with Crippen molar-refractivity contribution in [1.29, 1.82) is 5.26 Å². The number of nitriles is 1. The van der Waals surface area contributed by atoms with Crippen LogP contribution in [0, 0.1) is 18.3 Å². The van der Waals surface area contributed by atoms with E-state index >= 15 is 0 Å². The van der Waals surface area contributed by atoms with Gasteiger partial charge in [0.1, 0.15) is 23.4 Å². The van der Waals surface area contributed by atoms with Gasteiger partial charge in [-0.2, -0.15) is 5.26 Å². The SMILES string of the molecule is COc1ccc(OC)c(Nc2nccc(C)c2C#N)c1. The Morgan fingerprint density at radius 1 is 1.20 bits per heavy atom. The quantitative estimate of drug-likeness (QED) is 0.924. The number of hydrogen-bond acceptors (Lipinski definition) is 5. The molecule has 0 saturated carbocycles. The average molecular weight is 269 g/mol. The lowest BCUT2D eigenvalue weighted by atomic mass is 10.1. The van der Waals surface area contributed by atoms with Crippen molar-refractivity contribution >= 4 is 11.5 Å². The van der Waals surface area contributed by atoms with Crippen LogP contribution in [0.25, 0.3) is 0 Å². The minimum atomic E-state index is 0.499. The summed E-state index contributed by atoms with van der Waals surface area (Å²) >= 11 is 0. The van der Waals surface area contributed by atoms with E-state index < -0.39 is 0 Å². The third-order valence-corrected chi connectivity index (χ3v) is 2.93. The molecule has 2 aromatic rings. The molecule has 0 amide bonds. The van der Waals surface area contributed by atoms with Gasteiger partial charge in [-0.25, -0.2) is 4.98 Å². The summed E-state index contributed by atoms with van der Waals surface area (Å²) in [6.07, 6.45) is 1.66.